The summed E-state index contributed by atoms with van der Waals surface area (Å²) in [6.07, 6.45) is 3.51. The van der Waals surface area contributed by atoms with Crippen molar-refractivity contribution in [3.63, 3.8) is 0 Å². The zero-order valence-electron chi connectivity index (χ0n) is 23.5. The molecule has 3 heterocycles. The Morgan fingerprint density at radius 1 is 1.20 bits per heavy atom. The van der Waals surface area contributed by atoms with Crippen molar-refractivity contribution in [2.75, 3.05) is 52.3 Å². The molecule has 1 aliphatic carbocycles. The number of urea groups is 1. The van der Waals surface area contributed by atoms with Crippen molar-refractivity contribution in [2.45, 2.75) is 55.0 Å². The summed E-state index contributed by atoms with van der Waals surface area (Å²) in [5, 5.41) is 7.09. The molecule has 3 aliphatic rings. The molecule has 2 aromatic rings. The molecule has 5 rings (SSSR count). The Morgan fingerprint density at radius 3 is 2.59 bits per heavy atom. The highest BCUT2D eigenvalue weighted by molar-refractivity contribution is 7.92. The van der Waals surface area contributed by atoms with Gasteiger partial charge in [-0.25, -0.2) is 18.2 Å². The molecule has 0 spiro atoms. The van der Waals surface area contributed by atoms with Crippen LogP contribution in [0.15, 0.2) is 40.5 Å². The van der Waals surface area contributed by atoms with Crippen LogP contribution in [-0.4, -0.2) is 110 Å². The van der Waals surface area contributed by atoms with E-state index in [1.807, 2.05) is 11.8 Å². The maximum atomic E-state index is 13.4. The van der Waals surface area contributed by atoms with Crippen LogP contribution in [0.5, 0.6) is 0 Å². The predicted octanol–water partition coefficient (Wildman–Crippen LogP) is 2.42. The molecule has 12 nitrogen and oxygen atoms in total. The summed E-state index contributed by atoms with van der Waals surface area (Å²) < 4.78 is 30.6. The van der Waals surface area contributed by atoms with E-state index >= 15 is 0 Å². The minimum Gasteiger partial charge on any atom is -0.389 e. The van der Waals surface area contributed by atoms with Gasteiger partial charge in [-0.1, -0.05) is 17.3 Å². The van der Waals surface area contributed by atoms with E-state index in [4.69, 9.17) is 9.57 Å². The molecule has 0 bridgehead atoms. The number of hydrogen-bond acceptors (Lipinski definition) is 10. The summed E-state index contributed by atoms with van der Waals surface area (Å²) in [6.45, 7) is 5.79. The molecule has 41 heavy (non-hydrogen) atoms. The Labute approximate surface area is 244 Å². The zero-order chi connectivity index (χ0) is 29.1. The van der Waals surface area contributed by atoms with Gasteiger partial charge in [0.1, 0.15) is 0 Å². The van der Waals surface area contributed by atoms with Crippen molar-refractivity contribution in [1.29, 1.82) is 0 Å². The lowest BCUT2D eigenvalue weighted by Gasteiger charge is -2.40. The van der Waals surface area contributed by atoms with Crippen LogP contribution in [0, 0.1) is 0 Å². The Kier molecular flexibility index (Phi) is 8.92. The zero-order valence-corrected chi connectivity index (χ0v) is 25.1. The van der Waals surface area contributed by atoms with E-state index in [0.29, 0.717) is 56.3 Å². The molecule has 0 radical (unpaired) electrons. The summed E-state index contributed by atoms with van der Waals surface area (Å²) >= 11 is 1.37. The molecule has 3 fully saturated rings. The Bertz CT molecular complexity index is 1380. The maximum Gasteiger partial charge on any atom is 0.319 e. The summed E-state index contributed by atoms with van der Waals surface area (Å²) in [5.74, 6) is -0.507. The van der Waals surface area contributed by atoms with E-state index in [-0.39, 0.29) is 34.0 Å². The predicted molar refractivity (Wildman–Crippen MR) is 155 cm³/mol. The number of anilines is 1. The van der Waals surface area contributed by atoms with Gasteiger partial charge in [0.2, 0.25) is 0 Å². The maximum absolute atomic E-state index is 13.4. The molecular weight excluding hydrogens is 568 g/mol. The number of sulfone groups is 1. The van der Waals surface area contributed by atoms with Crippen molar-refractivity contribution in [3.05, 3.63) is 40.9 Å². The van der Waals surface area contributed by atoms with Gasteiger partial charge in [-0.3, -0.25) is 15.0 Å². The molecule has 2 aliphatic heterocycles. The highest BCUT2D eigenvalue weighted by atomic mass is 32.2. The SMILES string of the molecule is C[C@H]1CN(Cc2cnc(NC(=O)/C(=N/O[C@@H]3CCOC3)c3ccc(S(=O)(=O)C4CC4)cc3)s2)CCN1C(=O)N(C)C. The van der Waals surface area contributed by atoms with Crippen molar-refractivity contribution in [3.8, 4) is 0 Å². The number of carbonyl (C=O) groups excluding carboxylic acids is 2. The monoisotopic (exact) mass is 604 g/mol. The van der Waals surface area contributed by atoms with Gasteiger partial charge < -0.3 is 19.4 Å². The van der Waals surface area contributed by atoms with E-state index in [0.717, 1.165) is 18.0 Å². The minimum atomic E-state index is -3.35. The number of rotatable bonds is 9. The first kappa shape index (κ1) is 29.4. The van der Waals surface area contributed by atoms with Crippen molar-refractivity contribution >= 4 is 44.0 Å². The molecule has 0 unspecified atom stereocenters. The van der Waals surface area contributed by atoms with Crippen LogP contribution in [0.1, 0.15) is 36.6 Å². The Morgan fingerprint density at radius 2 is 1.95 bits per heavy atom. The lowest BCUT2D eigenvalue weighted by Crippen LogP contribution is -2.55. The topological polar surface area (TPSA) is 134 Å². The average molecular weight is 605 g/mol. The fraction of sp³-hybridized carbons (Fsp3) is 0.556. The molecule has 222 valence electrons. The summed E-state index contributed by atoms with van der Waals surface area (Å²) in [6, 6.07) is 6.29. The van der Waals surface area contributed by atoms with Crippen LogP contribution < -0.4 is 5.32 Å². The molecule has 1 aromatic heterocycles. The number of amides is 3. The van der Waals surface area contributed by atoms with E-state index in [9.17, 15) is 18.0 Å². The van der Waals surface area contributed by atoms with Crippen molar-refractivity contribution in [2.24, 2.45) is 5.16 Å². The van der Waals surface area contributed by atoms with E-state index in [2.05, 4.69) is 20.4 Å². The third kappa shape index (κ3) is 7.05. The summed E-state index contributed by atoms with van der Waals surface area (Å²) in [4.78, 5) is 42.7. The minimum absolute atomic E-state index is 0.0148. The van der Waals surface area contributed by atoms with E-state index in [1.54, 1.807) is 37.3 Å². The van der Waals surface area contributed by atoms with Gasteiger partial charge in [0.15, 0.2) is 26.8 Å². The van der Waals surface area contributed by atoms with E-state index < -0.39 is 15.7 Å². The van der Waals surface area contributed by atoms with Crippen LogP contribution in [-0.2, 0) is 30.8 Å². The van der Waals surface area contributed by atoms with Crippen LogP contribution in [0.3, 0.4) is 0 Å². The highest BCUT2D eigenvalue weighted by Crippen LogP contribution is 2.33. The largest absolute Gasteiger partial charge is 0.389 e. The number of benzene rings is 1. The average Bonchev–Trinajstić information content (AvgIpc) is 3.53. The van der Waals surface area contributed by atoms with Gasteiger partial charge in [-0.2, -0.15) is 0 Å². The van der Waals surface area contributed by atoms with Gasteiger partial charge in [0.05, 0.1) is 23.4 Å². The molecule has 2 saturated heterocycles. The first-order valence-corrected chi connectivity index (χ1v) is 16.1. The second-order valence-electron chi connectivity index (χ2n) is 10.8. The quantitative estimate of drug-likeness (QED) is 0.341. The fourth-order valence-corrected chi connectivity index (χ4v) is 7.36. The summed E-state index contributed by atoms with van der Waals surface area (Å²) in [5.41, 5.74) is 0.464. The molecule has 14 heteroatoms. The number of carbonyl (C=O) groups is 2. The first-order valence-electron chi connectivity index (χ1n) is 13.7. The number of nitrogens with zero attached hydrogens (tertiary/aromatic N) is 5. The standard InChI is InChI=1S/C27H36N6O6S2/c1-18-15-32(11-12-33(18)27(35)31(2)3)16-21-14-28-26(40-21)29-25(34)24(30-39-20-10-13-38-17-20)19-4-6-22(7-5-19)41(36,37)23-8-9-23/h4-7,14,18,20,23H,8-13,15-17H2,1-3H3,(H,28,29,34)/b30-24+/t18-,20+/m0/s1. The first-order chi connectivity index (χ1) is 19.6. The van der Waals surface area contributed by atoms with Crippen molar-refractivity contribution in [1.82, 2.24) is 19.7 Å². The van der Waals surface area contributed by atoms with Crippen LogP contribution in [0.2, 0.25) is 0 Å². The van der Waals surface area contributed by atoms with E-state index in [1.165, 1.54) is 23.5 Å². The van der Waals surface area contributed by atoms with Crippen LogP contribution >= 0.6 is 11.3 Å². The molecule has 2 atom stereocenters. The number of hydrogen-bond donors (Lipinski definition) is 1. The van der Waals surface area contributed by atoms with Gasteiger partial charge >= 0.3 is 6.03 Å². The number of oxime groups is 1. The van der Waals surface area contributed by atoms with Gasteiger partial charge in [0.25, 0.3) is 5.91 Å². The molecule has 3 amide bonds. The second-order valence-corrected chi connectivity index (χ2v) is 14.2. The molecule has 1 saturated carbocycles. The lowest BCUT2D eigenvalue weighted by atomic mass is 10.1. The molecule has 1 aromatic carbocycles. The van der Waals surface area contributed by atoms with Crippen molar-refractivity contribution < 1.29 is 27.6 Å². The molecular formula is C27H36N6O6S2. The number of thiazole rings is 1. The fourth-order valence-electron chi connectivity index (χ4n) is 4.85. The number of ether oxygens (including phenoxy) is 1. The summed E-state index contributed by atoms with van der Waals surface area (Å²) in [7, 11) is 0.168. The number of aromatic nitrogens is 1. The van der Waals surface area contributed by atoms with Gasteiger partial charge in [-0.05, 0) is 31.9 Å². The normalized spacial score (nSPS) is 22.0. The third-order valence-electron chi connectivity index (χ3n) is 7.31. The Balaban J connectivity index is 1.25. The number of piperazine rings is 1. The lowest BCUT2D eigenvalue weighted by molar-refractivity contribution is -0.110. The van der Waals surface area contributed by atoms with Crippen LogP contribution in [0.4, 0.5) is 9.93 Å². The van der Waals surface area contributed by atoms with Crippen LogP contribution in [0.25, 0.3) is 0 Å². The van der Waals surface area contributed by atoms with Gasteiger partial charge in [0, 0.05) is 69.4 Å². The second kappa shape index (κ2) is 12.4. The smallest absolute Gasteiger partial charge is 0.319 e. The third-order valence-corrected chi connectivity index (χ3v) is 10.5. The Hall–Kier alpha value is -3.07. The molecule has 1 N–H and O–H groups in total. The highest BCUT2D eigenvalue weighted by Gasteiger charge is 2.37. The van der Waals surface area contributed by atoms with Gasteiger partial charge in [-0.15, -0.1) is 11.3 Å². The number of nitrogens with one attached hydrogen (secondary N) is 1.